The summed E-state index contributed by atoms with van der Waals surface area (Å²) in [6.07, 6.45) is 5.77. The molecule has 5 heterocycles. The van der Waals surface area contributed by atoms with Gasteiger partial charge in [-0.3, -0.25) is 9.13 Å². The van der Waals surface area contributed by atoms with Gasteiger partial charge < -0.3 is 9.30 Å². The van der Waals surface area contributed by atoms with Crippen LogP contribution in [0.1, 0.15) is 26.3 Å². The van der Waals surface area contributed by atoms with E-state index < -0.39 is 0 Å². The minimum atomic E-state index is -0.0619. The van der Waals surface area contributed by atoms with Gasteiger partial charge in [-0.2, -0.15) is 0 Å². The molecule has 0 bridgehead atoms. The van der Waals surface area contributed by atoms with Crippen molar-refractivity contribution in [3.63, 3.8) is 0 Å². The molecule has 12 rings (SSSR count). The van der Waals surface area contributed by atoms with E-state index in [-0.39, 0.29) is 5.41 Å². The lowest BCUT2D eigenvalue weighted by Gasteiger charge is -2.20. The number of rotatable bonds is 5. The molecular formula is C54H39N5O. The third-order valence-electron chi connectivity index (χ3n) is 12.1. The zero-order valence-electron chi connectivity index (χ0n) is 33.5. The molecular weight excluding hydrogens is 735 g/mol. The predicted octanol–water partition coefficient (Wildman–Crippen LogP) is 13.9. The summed E-state index contributed by atoms with van der Waals surface area (Å²) in [5, 5.41) is 4.81. The lowest BCUT2D eigenvalue weighted by Crippen LogP contribution is -2.12. The number of aromatic nitrogens is 5. The fourth-order valence-corrected chi connectivity index (χ4v) is 9.42. The number of benzene rings is 7. The third kappa shape index (κ3) is 5.13. The largest absolute Gasteiger partial charge is 0.457 e. The fraction of sp³-hybridized carbons (Fsp3) is 0.0741. The molecule has 0 N–H and O–H groups in total. The molecule has 0 saturated carbocycles. The van der Waals surface area contributed by atoms with Crippen molar-refractivity contribution in [1.29, 1.82) is 0 Å². The first kappa shape index (κ1) is 34.4. The van der Waals surface area contributed by atoms with Gasteiger partial charge in [0.15, 0.2) is 0 Å². The number of nitrogens with zero attached hydrogens (tertiary/aromatic N) is 5. The van der Waals surface area contributed by atoms with Gasteiger partial charge in [0.2, 0.25) is 0 Å². The Morgan fingerprint density at radius 3 is 2.17 bits per heavy atom. The van der Waals surface area contributed by atoms with Gasteiger partial charge >= 0.3 is 0 Å². The molecule has 0 amide bonds. The third-order valence-corrected chi connectivity index (χ3v) is 12.1. The topological polar surface area (TPSA) is 49.8 Å². The van der Waals surface area contributed by atoms with Gasteiger partial charge in [-0.1, -0.05) is 112 Å². The number of para-hydroxylation sites is 3. The molecule has 0 atom stereocenters. The van der Waals surface area contributed by atoms with E-state index in [1.807, 2.05) is 48.9 Å². The molecule has 0 spiro atoms. The highest BCUT2D eigenvalue weighted by molar-refractivity contribution is 6.22. The molecule has 1 aliphatic heterocycles. The molecule has 7 aromatic carbocycles. The minimum Gasteiger partial charge on any atom is -0.457 e. The van der Waals surface area contributed by atoms with Crippen LogP contribution in [0.15, 0.2) is 182 Å². The molecule has 11 aromatic rings. The highest BCUT2D eigenvalue weighted by atomic mass is 16.5. The van der Waals surface area contributed by atoms with Crippen molar-refractivity contribution < 1.29 is 4.74 Å². The van der Waals surface area contributed by atoms with E-state index in [2.05, 4.69) is 168 Å². The van der Waals surface area contributed by atoms with Crippen molar-refractivity contribution >= 4 is 43.6 Å². The molecule has 4 aromatic heterocycles. The van der Waals surface area contributed by atoms with Crippen molar-refractivity contribution in [3.8, 4) is 62.3 Å². The summed E-state index contributed by atoms with van der Waals surface area (Å²) in [6.45, 7) is 6.75. The first-order chi connectivity index (χ1) is 29.4. The maximum absolute atomic E-state index is 6.77. The van der Waals surface area contributed by atoms with E-state index in [1.165, 1.54) is 55.0 Å². The fourth-order valence-electron chi connectivity index (χ4n) is 9.42. The monoisotopic (exact) mass is 773 g/mol. The Hall–Kier alpha value is -7.70. The standard InChI is InChI=1S/C54H39N5O/c1-54(2,3)35-27-28-55-49(32-35)58-46-25-26-47-50(41-19-8-7-17-39(41)42-20-12-21-43-40-18-9-10-22-45(40)59(47)52(42)43)51(46)44-24-23-38(33-48(44)58)60-37-16-11-13-34(31-37)53-56-29-30-57(53)36-14-5-4-6-15-36/h4-33H,1-3H3. The second-order valence-corrected chi connectivity index (χ2v) is 16.7. The quantitative estimate of drug-likeness (QED) is 0.175. The van der Waals surface area contributed by atoms with Gasteiger partial charge in [-0.05, 0) is 88.8 Å². The Kier molecular flexibility index (Phi) is 7.39. The number of hydrogen-bond acceptors (Lipinski definition) is 3. The second-order valence-electron chi connectivity index (χ2n) is 16.7. The Morgan fingerprint density at radius 2 is 1.28 bits per heavy atom. The van der Waals surface area contributed by atoms with Crippen molar-refractivity contribution in [2.75, 3.05) is 0 Å². The number of imidazole rings is 1. The Labute approximate surface area is 347 Å². The van der Waals surface area contributed by atoms with E-state index >= 15 is 0 Å². The van der Waals surface area contributed by atoms with Crippen molar-refractivity contribution in [2.45, 2.75) is 26.2 Å². The number of fused-ring (bicyclic) bond motifs is 12. The first-order valence-corrected chi connectivity index (χ1v) is 20.5. The maximum Gasteiger partial charge on any atom is 0.144 e. The van der Waals surface area contributed by atoms with Crippen LogP contribution in [0, 0.1) is 0 Å². The molecule has 0 aliphatic carbocycles. The van der Waals surface area contributed by atoms with Crippen LogP contribution in [0.2, 0.25) is 0 Å². The van der Waals surface area contributed by atoms with Gasteiger partial charge in [0.25, 0.3) is 0 Å². The van der Waals surface area contributed by atoms with E-state index in [0.717, 1.165) is 56.5 Å². The van der Waals surface area contributed by atoms with Crippen LogP contribution in [-0.4, -0.2) is 23.7 Å². The smallest absolute Gasteiger partial charge is 0.144 e. The summed E-state index contributed by atoms with van der Waals surface area (Å²) in [7, 11) is 0. The Morgan fingerprint density at radius 1 is 0.517 bits per heavy atom. The Balaban J connectivity index is 1.10. The summed E-state index contributed by atoms with van der Waals surface area (Å²) in [5.74, 6) is 3.18. The molecule has 0 fully saturated rings. The van der Waals surface area contributed by atoms with Crippen molar-refractivity contribution in [1.82, 2.24) is 23.7 Å². The SMILES string of the molecule is CC(C)(C)c1ccnc(-n2c3cc(Oc4cccc(-c5nccn5-c5ccccc5)c4)ccc3c3c4c(ccc32)-n2c3ccccc3c3cccc(c32)-c2ccccc2-4)c1. The van der Waals surface area contributed by atoms with Crippen LogP contribution >= 0.6 is 0 Å². The molecule has 1 aliphatic rings. The molecule has 60 heavy (non-hydrogen) atoms. The van der Waals surface area contributed by atoms with E-state index in [9.17, 15) is 0 Å². The van der Waals surface area contributed by atoms with Gasteiger partial charge in [0.1, 0.15) is 23.1 Å². The average molecular weight is 774 g/mol. The first-order valence-electron chi connectivity index (χ1n) is 20.5. The van der Waals surface area contributed by atoms with Crippen LogP contribution in [-0.2, 0) is 5.41 Å². The number of pyridine rings is 1. The highest BCUT2D eigenvalue weighted by Gasteiger charge is 2.28. The zero-order chi connectivity index (χ0) is 40.1. The van der Waals surface area contributed by atoms with Gasteiger partial charge in [-0.15, -0.1) is 0 Å². The van der Waals surface area contributed by atoms with Crippen molar-refractivity contribution in [3.05, 3.63) is 188 Å². The Bertz CT molecular complexity index is 3510. The van der Waals surface area contributed by atoms with E-state index in [0.29, 0.717) is 0 Å². The van der Waals surface area contributed by atoms with Crippen LogP contribution in [0.5, 0.6) is 11.5 Å². The molecule has 0 radical (unpaired) electrons. The average Bonchev–Trinajstić information content (AvgIpc) is 3.97. The van der Waals surface area contributed by atoms with Gasteiger partial charge in [-0.25, -0.2) is 9.97 Å². The van der Waals surface area contributed by atoms with Gasteiger partial charge in [0, 0.05) is 68.6 Å². The molecule has 286 valence electrons. The predicted molar refractivity (Wildman–Crippen MR) is 245 cm³/mol. The van der Waals surface area contributed by atoms with Crippen LogP contribution in [0.25, 0.3) is 94.4 Å². The lowest BCUT2D eigenvalue weighted by atomic mass is 9.88. The summed E-state index contributed by atoms with van der Waals surface area (Å²) < 4.78 is 13.7. The zero-order valence-corrected chi connectivity index (χ0v) is 33.5. The normalized spacial score (nSPS) is 12.2. The lowest BCUT2D eigenvalue weighted by molar-refractivity contribution is 0.483. The minimum absolute atomic E-state index is 0.0619. The summed E-state index contributed by atoms with van der Waals surface area (Å²) in [6, 6.07) is 58.3. The van der Waals surface area contributed by atoms with E-state index in [1.54, 1.807) is 0 Å². The molecule has 0 unspecified atom stereocenters. The van der Waals surface area contributed by atoms with Crippen LogP contribution in [0.3, 0.4) is 0 Å². The molecule has 0 saturated heterocycles. The van der Waals surface area contributed by atoms with Crippen molar-refractivity contribution in [2.24, 2.45) is 0 Å². The molecule has 6 nitrogen and oxygen atoms in total. The number of ether oxygens (including phenoxy) is 1. The molecule has 6 heteroatoms. The van der Waals surface area contributed by atoms with Gasteiger partial charge in [0.05, 0.1) is 27.8 Å². The van der Waals surface area contributed by atoms with Crippen LogP contribution < -0.4 is 4.74 Å². The summed E-state index contributed by atoms with van der Waals surface area (Å²) in [5.41, 5.74) is 13.7. The highest BCUT2D eigenvalue weighted by Crippen LogP contribution is 2.51. The van der Waals surface area contributed by atoms with E-state index in [4.69, 9.17) is 14.7 Å². The summed E-state index contributed by atoms with van der Waals surface area (Å²) >= 11 is 0. The second kappa shape index (κ2) is 12.9. The number of hydrogen-bond donors (Lipinski definition) is 0. The maximum atomic E-state index is 6.77. The summed E-state index contributed by atoms with van der Waals surface area (Å²) in [4.78, 5) is 9.80. The van der Waals surface area contributed by atoms with Crippen LogP contribution in [0.4, 0.5) is 0 Å².